The van der Waals surface area contributed by atoms with Gasteiger partial charge in [-0.15, -0.1) is 0 Å². The van der Waals surface area contributed by atoms with E-state index in [0.717, 1.165) is 186 Å². The lowest BCUT2D eigenvalue weighted by atomic mass is 10.0. The zero-order valence-corrected chi connectivity index (χ0v) is 68.8. The highest BCUT2D eigenvalue weighted by Gasteiger charge is 2.29. The molecule has 18 heteroatoms. The Kier molecular flexibility index (Phi) is 77.0. The first-order valence-electron chi connectivity index (χ1n) is 41.8. The molecule has 0 saturated carbocycles. The van der Waals surface area contributed by atoms with Gasteiger partial charge in [0.25, 0.3) is 0 Å². The van der Waals surface area contributed by atoms with Crippen LogP contribution in [0, 0.1) is 0 Å². The Labute approximate surface area is 650 Å². The topological polar surface area (TPSA) is 231 Å². The van der Waals surface area contributed by atoms with Crippen LogP contribution >= 0.6 is 15.6 Å². The van der Waals surface area contributed by atoms with Gasteiger partial charge in [-0.05, 0) is 141 Å². The maximum absolute atomic E-state index is 12.9. The van der Waals surface area contributed by atoms with Gasteiger partial charge in [0, 0.05) is 19.3 Å². The number of ether oxygens (including phenoxy) is 3. The van der Waals surface area contributed by atoms with Crippen molar-refractivity contribution in [1.29, 1.82) is 0 Å². The van der Waals surface area contributed by atoms with Crippen molar-refractivity contribution in [3.63, 3.8) is 0 Å². The average molecular weight is 1540 g/mol. The largest absolute Gasteiger partial charge is 0.472 e. The second kappa shape index (κ2) is 80.7. The molecule has 0 fully saturated rings. The summed E-state index contributed by atoms with van der Waals surface area (Å²) >= 11 is 0. The third-order valence-corrected chi connectivity index (χ3v) is 19.1. The van der Waals surface area contributed by atoms with Gasteiger partial charge < -0.3 is 34.2 Å². The van der Waals surface area contributed by atoms with Gasteiger partial charge in [-0.2, -0.15) is 0 Å². The third kappa shape index (κ3) is 82.0. The van der Waals surface area contributed by atoms with Crippen molar-refractivity contribution >= 4 is 33.6 Å². The lowest BCUT2D eigenvalue weighted by Gasteiger charge is -2.21. The van der Waals surface area contributed by atoms with Crippen molar-refractivity contribution in [2.75, 3.05) is 39.6 Å². The first kappa shape index (κ1) is 102. The third-order valence-electron chi connectivity index (χ3n) is 17.2. The number of carbonyl (C=O) groups is 3. The zero-order chi connectivity index (χ0) is 78.0. The maximum Gasteiger partial charge on any atom is 0.472 e. The summed E-state index contributed by atoms with van der Waals surface area (Å²) in [6.07, 6.45) is 102. The van der Waals surface area contributed by atoms with Crippen LogP contribution in [0.1, 0.15) is 329 Å². The number of aliphatic hydroxyl groups excluding tert-OH is 2. The minimum Gasteiger partial charge on any atom is -0.463 e. The SMILES string of the molecule is CC/C=C\C/C=C\C/C=C\C/C=C\C/C=C\C/C=C\CCCCCCCCCCCCCCCCCCC(=O)OCC(O)COP(=O)(O)OCC(O)COP(=O)(O)OCC(COC(=O)CCCCCCCCC/C=C\C/C=C\C/C=C\C/C=C\C/C=C\CC)OC(=O)CCCCCCC/C=C\C/C=C\CCC. The van der Waals surface area contributed by atoms with Crippen LogP contribution in [0.2, 0.25) is 0 Å². The number of unbranched alkanes of at least 4 members (excludes halogenated alkanes) is 29. The normalized spacial score (nSPS) is 14.7. The number of aliphatic hydroxyl groups is 2. The Morgan fingerprint density at radius 3 is 0.785 bits per heavy atom. The van der Waals surface area contributed by atoms with E-state index in [1.165, 1.54) is 83.5 Å². The van der Waals surface area contributed by atoms with Crippen LogP contribution in [-0.2, 0) is 55.8 Å². The van der Waals surface area contributed by atoms with Crippen molar-refractivity contribution in [3.8, 4) is 0 Å². The molecule has 0 rings (SSSR count). The second-order valence-corrected chi connectivity index (χ2v) is 30.4. The molecule has 0 aliphatic heterocycles. The molecule has 0 heterocycles. The number of esters is 3. The number of allylic oxidation sites excluding steroid dienone is 26. The van der Waals surface area contributed by atoms with Crippen molar-refractivity contribution in [1.82, 2.24) is 0 Å². The fourth-order valence-corrected chi connectivity index (χ4v) is 12.5. The summed E-state index contributed by atoms with van der Waals surface area (Å²) in [5, 5.41) is 20.7. The van der Waals surface area contributed by atoms with Crippen LogP contribution in [0.5, 0.6) is 0 Å². The van der Waals surface area contributed by atoms with Crippen LogP contribution in [0.4, 0.5) is 0 Å². The number of rotatable bonds is 78. The second-order valence-electron chi connectivity index (χ2n) is 27.5. The Morgan fingerprint density at radius 1 is 0.271 bits per heavy atom. The molecule has 612 valence electrons. The van der Waals surface area contributed by atoms with Crippen molar-refractivity contribution < 1.29 is 75.8 Å². The van der Waals surface area contributed by atoms with Crippen LogP contribution in [0.25, 0.3) is 0 Å². The zero-order valence-electron chi connectivity index (χ0n) is 67.0. The molecule has 0 saturated heterocycles. The van der Waals surface area contributed by atoms with Gasteiger partial charge in [-0.1, -0.05) is 326 Å². The molecule has 0 spiro atoms. The summed E-state index contributed by atoms with van der Waals surface area (Å²) in [7, 11) is -9.80. The molecule has 0 bridgehead atoms. The van der Waals surface area contributed by atoms with Gasteiger partial charge >= 0.3 is 33.6 Å². The molecule has 5 atom stereocenters. The van der Waals surface area contributed by atoms with E-state index in [1.807, 2.05) is 0 Å². The summed E-state index contributed by atoms with van der Waals surface area (Å²) in [6, 6.07) is 0. The van der Waals surface area contributed by atoms with E-state index in [-0.39, 0.29) is 19.3 Å². The highest BCUT2D eigenvalue weighted by molar-refractivity contribution is 7.47. The van der Waals surface area contributed by atoms with Gasteiger partial charge in [-0.3, -0.25) is 32.5 Å². The number of phosphoric ester groups is 2. The average Bonchev–Trinajstić information content (AvgIpc) is 0.909. The maximum atomic E-state index is 12.9. The number of carbonyl (C=O) groups excluding carboxylic acids is 3. The Bertz CT molecular complexity index is 2580. The van der Waals surface area contributed by atoms with Gasteiger partial charge in [-0.25, -0.2) is 9.13 Å². The molecular formula is C89H150O16P2. The smallest absolute Gasteiger partial charge is 0.463 e. The fourth-order valence-electron chi connectivity index (χ4n) is 10.9. The quantitative estimate of drug-likeness (QED) is 0.0146. The first-order chi connectivity index (χ1) is 52.2. The fraction of sp³-hybridized carbons (Fsp3) is 0.674. The Hall–Kier alpha value is -4.83. The molecule has 0 aromatic rings. The van der Waals surface area contributed by atoms with E-state index in [9.17, 15) is 43.5 Å². The molecule has 0 aromatic heterocycles. The predicted molar refractivity (Wildman–Crippen MR) is 445 cm³/mol. The van der Waals surface area contributed by atoms with E-state index in [0.29, 0.717) is 19.3 Å². The van der Waals surface area contributed by atoms with Gasteiger partial charge in [0.05, 0.1) is 26.4 Å². The van der Waals surface area contributed by atoms with Crippen molar-refractivity contribution in [2.24, 2.45) is 0 Å². The van der Waals surface area contributed by atoms with E-state index in [1.54, 1.807) is 0 Å². The van der Waals surface area contributed by atoms with Gasteiger partial charge in [0.2, 0.25) is 0 Å². The number of phosphoric acid groups is 2. The molecule has 0 aliphatic carbocycles. The van der Waals surface area contributed by atoms with Crippen LogP contribution in [0.15, 0.2) is 158 Å². The summed E-state index contributed by atoms with van der Waals surface area (Å²) in [6.45, 7) is 2.37. The van der Waals surface area contributed by atoms with Crippen molar-refractivity contribution in [2.45, 2.75) is 347 Å². The number of hydrogen-bond acceptors (Lipinski definition) is 14. The van der Waals surface area contributed by atoms with E-state index in [2.05, 4.69) is 179 Å². The minimum absolute atomic E-state index is 0.0824. The molecular weight excluding hydrogens is 1390 g/mol. The molecule has 0 aliphatic rings. The standard InChI is InChI=1S/C89H150O16P2/c1-4-7-10-13-16-19-22-25-27-29-31-33-35-36-37-38-39-40-41-42-43-44-45-46-48-50-51-53-55-58-60-63-66-69-72-75-87(92)99-78-84(90)79-101-106(95,96)102-80-85(91)81-103-107(97,98)104-83-86(105-89(94)77-74-71-68-65-62-57-24-21-18-15-12-9-6-3)82-100-88(93)76-73-70-67-64-61-59-56-54-52-49-47-34-32-30-28-26-23-20-17-14-11-8-5-2/h7-8,10-12,15-17,19-21,24-28,31-34,36-37,39-40,49,52,84-86,90-91H,4-6,9,13-14,18,22-23,29-30,35,38,41-48,50-51,53-83H2,1-3H3,(H,95,96)(H,97,98)/b10-7-,11-8-,15-12-,19-16-,20-17-,24-21-,27-25-,28-26-,33-31-,34-32-,37-36-,40-39-,52-49-. The van der Waals surface area contributed by atoms with Crippen LogP contribution in [-0.4, -0.2) is 95.9 Å². The Balaban J connectivity index is 4.41. The predicted octanol–water partition coefficient (Wildman–Crippen LogP) is 25.0. The molecule has 107 heavy (non-hydrogen) atoms. The molecule has 16 nitrogen and oxygen atoms in total. The summed E-state index contributed by atoms with van der Waals surface area (Å²) in [5.74, 6) is -1.60. The molecule has 0 aromatic carbocycles. The van der Waals surface area contributed by atoms with Gasteiger partial charge in [0.1, 0.15) is 25.4 Å². The highest BCUT2D eigenvalue weighted by atomic mass is 31.2. The molecule has 0 amide bonds. The van der Waals surface area contributed by atoms with E-state index in [4.69, 9.17) is 32.3 Å². The first-order valence-corrected chi connectivity index (χ1v) is 44.8. The highest BCUT2D eigenvalue weighted by Crippen LogP contribution is 2.45. The lowest BCUT2D eigenvalue weighted by molar-refractivity contribution is -0.161. The molecule has 4 N–H and O–H groups in total. The lowest BCUT2D eigenvalue weighted by Crippen LogP contribution is -2.30. The van der Waals surface area contributed by atoms with E-state index < -0.39 is 91.5 Å². The molecule has 5 unspecified atom stereocenters. The van der Waals surface area contributed by atoms with Crippen LogP contribution < -0.4 is 0 Å². The summed E-state index contributed by atoms with van der Waals surface area (Å²) < 4.78 is 61.2. The van der Waals surface area contributed by atoms with Gasteiger partial charge in [0.15, 0.2) is 6.10 Å². The van der Waals surface area contributed by atoms with Crippen LogP contribution in [0.3, 0.4) is 0 Å². The Morgan fingerprint density at radius 2 is 0.495 bits per heavy atom. The monoisotopic (exact) mass is 1540 g/mol. The minimum atomic E-state index is -4.94. The summed E-state index contributed by atoms with van der Waals surface area (Å²) in [5.41, 5.74) is 0. The van der Waals surface area contributed by atoms with E-state index >= 15 is 0 Å². The van der Waals surface area contributed by atoms with Crippen molar-refractivity contribution in [3.05, 3.63) is 158 Å². The molecule has 0 radical (unpaired) electrons. The summed E-state index contributed by atoms with van der Waals surface area (Å²) in [4.78, 5) is 58.7. The number of hydrogen-bond donors (Lipinski definition) is 4.